The van der Waals surface area contributed by atoms with Crippen molar-refractivity contribution in [3.63, 3.8) is 0 Å². The smallest absolute Gasteiger partial charge is 0.308 e. The van der Waals surface area contributed by atoms with Gasteiger partial charge in [0.1, 0.15) is 0 Å². The van der Waals surface area contributed by atoms with E-state index in [1.54, 1.807) is 49.3 Å². The van der Waals surface area contributed by atoms with E-state index in [4.69, 9.17) is 85.4 Å². The standard InChI is InChI=1S/C12H19N3O2S.C11H21N3O.C11H23N3O.2C9H19N3O.C8H16N2O2.C7H14N2O2/c13-11-7-6-9(8-12(11)14)15-18(16,17)10-4-2-1-3-5-10;12-9-4-3-8(7-10(9)13)11(15)14-5-1-2-6-14;1-3-14(4-2)11(15)8-5-6-9(12)10(13)7-8;1-12(2)9(13)6-3-4-7(10)8(11)5-6;1-2-9(13)12-6-3-4-7(10)8(11)5-6;1-12-8(11)5-2-3-6(9)7(10)4-5;8-5-2-1-4(7(10)11)3-6(5)9/h1-5,9,11-12,15H,6-8,13-14H2;8-10H,1-7,12-13H2;8-10H,3-7,12-13H2,1-2H3;6-8H,3-5,10-11H2,1-2H3;6-8H,2-5,10-11H2,1H3,(H,12,13);5-7H,2-4,9-10H2,1H3;4-6H,1-3,8-9H2,(H,10,11)/t9?,11-,12+;2*8?,9-,10+;2*6?,7-,8+;5?,6-,7+;4?,5-,6+/m0000000/s1. The van der Waals surface area contributed by atoms with Gasteiger partial charge in [-0.3, -0.25) is 28.8 Å². The molecule has 7 aliphatic carbocycles. The Bertz CT molecular complexity index is 2560. The van der Waals surface area contributed by atoms with Crippen molar-refractivity contribution in [2.75, 3.05) is 47.4 Å². The minimum absolute atomic E-state index is 0.00870. The van der Waals surface area contributed by atoms with Gasteiger partial charge in [0.25, 0.3) is 0 Å². The highest BCUT2D eigenvalue weighted by Crippen LogP contribution is 2.29. The van der Waals surface area contributed by atoms with Gasteiger partial charge in [-0.1, -0.05) is 25.1 Å². The number of amides is 4. The number of likely N-dealkylation sites (tertiary alicyclic amines) is 1. The fraction of sp³-hybridized carbons (Fsp3) is 0.821. The zero-order valence-electron chi connectivity index (χ0n) is 59.3. The molecule has 560 valence electrons. The van der Waals surface area contributed by atoms with Crippen molar-refractivity contribution in [3.05, 3.63) is 30.3 Å². The number of sulfonamides is 1. The number of rotatable bonds is 12. The van der Waals surface area contributed by atoms with Gasteiger partial charge in [-0.05, 0) is 174 Å². The average molecular weight is 1390 g/mol. The largest absolute Gasteiger partial charge is 0.481 e. The molecule has 1 aliphatic heterocycles. The lowest BCUT2D eigenvalue weighted by atomic mass is 9.82. The zero-order chi connectivity index (χ0) is 72.9. The molecule has 1 aromatic carbocycles. The molecular formula is C67H131N19O10S. The fourth-order valence-corrected chi connectivity index (χ4v) is 15.0. The number of ether oxygens (including phenoxy) is 1. The molecular weight excluding hydrogens is 1260 g/mol. The van der Waals surface area contributed by atoms with Gasteiger partial charge in [-0.2, -0.15) is 0 Å². The van der Waals surface area contributed by atoms with Gasteiger partial charge in [0.2, 0.25) is 33.7 Å². The first-order valence-electron chi connectivity index (χ1n) is 35.7. The summed E-state index contributed by atoms with van der Waals surface area (Å²) in [6, 6.07) is 8.54. The molecule has 7 unspecified atom stereocenters. The number of carboxylic acids is 1. The summed E-state index contributed by atoms with van der Waals surface area (Å²) in [5, 5.41) is 11.6. The van der Waals surface area contributed by atoms with Crippen LogP contribution < -0.4 is 90.3 Å². The lowest BCUT2D eigenvalue weighted by molar-refractivity contribution is -0.147. The van der Waals surface area contributed by atoms with Gasteiger partial charge in [0.05, 0.1) is 23.8 Å². The molecule has 1 saturated heterocycles. The van der Waals surface area contributed by atoms with Crippen LogP contribution in [0.15, 0.2) is 35.2 Å². The lowest BCUT2D eigenvalue weighted by Crippen LogP contribution is -2.51. The van der Waals surface area contributed by atoms with E-state index in [1.807, 2.05) is 30.6 Å². The van der Waals surface area contributed by atoms with Crippen LogP contribution >= 0.6 is 0 Å². The number of benzene rings is 1. The van der Waals surface area contributed by atoms with Crippen LogP contribution in [-0.2, 0) is 43.5 Å². The minimum Gasteiger partial charge on any atom is -0.481 e. The first kappa shape index (κ1) is 86.6. The van der Waals surface area contributed by atoms with E-state index >= 15 is 0 Å². The number of hydrogen-bond acceptors (Lipinski definition) is 23. The second-order valence-corrected chi connectivity index (χ2v) is 30.1. The highest BCUT2D eigenvalue weighted by molar-refractivity contribution is 7.89. The number of nitrogens with one attached hydrogen (secondary N) is 2. The van der Waals surface area contributed by atoms with E-state index in [0.717, 1.165) is 148 Å². The molecule has 0 spiro atoms. The maximum atomic E-state index is 12.1. The Balaban J connectivity index is 0.000000296. The number of nitrogens with two attached hydrogens (primary N) is 14. The number of nitrogens with zero attached hydrogens (tertiary/aromatic N) is 3. The van der Waals surface area contributed by atoms with Crippen molar-refractivity contribution in [1.29, 1.82) is 0 Å². The van der Waals surface area contributed by atoms with Crippen LogP contribution in [-0.4, -0.2) is 208 Å². The van der Waals surface area contributed by atoms with Gasteiger partial charge >= 0.3 is 11.9 Å². The molecule has 0 bridgehead atoms. The third kappa shape index (κ3) is 29.9. The Labute approximate surface area is 578 Å². The number of esters is 1. The molecule has 1 aromatic rings. The lowest BCUT2D eigenvalue weighted by Gasteiger charge is -2.33. The number of methoxy groups -OCH3 is 1. The molecule has 31 N–H and O–H groups in total. The molecule has 4 amide bonds. The number of carbonyl (C=O) groups is 6. The minimum atomic E-state index is -3.45. The van der Waals surface area contributed by atoms with Crippen LogP contribution in [0, 0.1) is 29.6 Å². The van der Waals surface area contributed by atoms with Crippen molar-refractivity contribution in [2.45, 2.75) is 276 Å². The second kappa shape index (κ2) is 43.9. The monoisotopic (exact) mass is 1390 g/mol. The van der Waals surface area contributed by atoms with E-state index in [1.165, 1.54) is 7.11 Å². The Morgan fingerprint density at radius 1 is 0.474 bits per heavy atom. The highest BCUT2D eigenvalue weighted by Gasteiger charge is 2.37. The summed E-state index contributed by atoms with van der Waals surface area (Å²) >= 11 is 0. The Kier molecular flexibility index (Phi) is 39.2. The third-order valence-corrected chi connectivity index (χ3v) is 22.1. The molecule has 0 radical (unpaired) electrons. The molecule has 7 saturated carbocycles. The topological polar surface area (TPSA) is 564 Å². The summed E-state index contributed by atoms with van der Waals surface area (Å²) in [6.07, 6.45) is 19.4. The molecule has 9 rings (SSSR count). The van der Waals surface area contributed by atoms with E-state index in [-0.39, 0.29) is 155 Å². The third-order valence-electron chi connectivity index (χ3n) is 20.6. The summed E-state index contributed by atoms with van der Waals surface area (Å²) in [5.41, 5.74) is 81.0. The molecule has 8 aliphatic rings. The molecule has 21 atom stereocenters. The molecule has 8 fully saturated rings. The first-order valence-corrected chi connectivity index (χ1v) is 37.2. The van der Waals surface area contributed by atoms with Gasteiger partial charge < -0.3 is 110 Å². The summed E-state index contributed by atoms with van der Waals surface area (Å²) in [4.78, 5) is 74.2. The zero-order valence-corrected chi connectivity index (χ0v) is 60.1. The summed E-state index contributed by atoms with van der Waals surface area (Å²) in [7, 11) is 1.52. The molecule has 0 aromatic heterocycles. The summed E-state index contributed by atoms with van der Waals surface area (Å²) < 4.78 is 31.5. The van der Waals surface area contributed by atoms with Crippen LogP contribution in [0.5, 0.6) is 0 Å². The quantitative estimate of drug-likeness (QED) is 0.111. The van der Waals surface area contributed by atoms with Crippen molar-refractivity contribution in [3.8, 4) is 0 Å². The Morgan fingerprint density at radius 3 is 1.22 bits per heavy atom. The van der Waals surface area contributed by atoms with E-state index in [0.29, 0.717) is 38.0 Å². The Morgan fingerprint density at radius 2 is 0.825 bits per heavy atom. The van der Waals surface area contributed by atoms with Crippen LogP contribution in [0.25, 0.3) is 0 Å². The SMILES string of the molecule is CCC(=O)NC1CC[C@H](N)[C@H](N)C1.CCN(CC)C(=O)C1CC[C@H](N)[C@H](N)C1.CN(C)C(=O)C1CC[C@H](N)[C@H](N)C1.COC(=O)C1CC[C@H](N)[C@H](N)C1.N[C@@H]1CC(C(=O)N2CCCC2)CC[C@@H]1N.N[C@@H]1CC(C(=O)O)CC[C@@H]1N.N[C@@H]1CC(NS(=O)(=O)c2ccccc2)CC[C@@H]1N. The van der Waals surface area contributed by atoms with Gasteiger partial charge in [0.15, 0.2) is 0 Å². The molecule has 97 heavy (non-hydrogen) atoms. The number of carbonyl (C=O) groups excluding carboxylic acids is 5. The van der Waals surface area contributed by atoms with Crippen LogP contribution in [0.2, 0.25) is 0 Å². The van der Waals surface area contributed by atoms with Crippen molar-refractivity contribution in [2.24, 2.45) is 110 Å². The van der Waals surface area contributed by atoms with Crippen LogP contribution in [0.4, 0.5) is 0 Å². The highest BCUT2D eigenvalue weighted by atomic mass is 32.2. The predicted octanol–water partition coefficient (Wildman–Crippen LogP) is -1.07. The predicted molar refractivity (Wildman–Crippen MR) is 381 cm³/mol. The van der Waals surface area contributed by atoms with Crippen molar-refractivity contribution in [1.82, 2.24) is 24.7 Å². The van der Waals surface area contributed by atoms with Crippen LogP contribution in [0.3, 0.4) is 0 Å². The van der Waals surface area contributed by atoms with Gasteiger partial charge in [-0.25, -0.2) is 13.1 Å². The number of carboxylic acid groups (broad SMARTS) is 1. The van der Waals surface area contributed by atoms with E-state index in [2.05, 4.69) is 14.8 Å². The van der Waals surface area contributed by atoms with Crippen molar-refractivity contribution < 1.29 is 47.0 Å². The summed E-state index contributed by atoms with van der Waals surface area (Å²) in [5.74, 6) is -0.0334. The number of aliphatic carboxylic acids is 1. The first-order chi connectivity index (χ1) is 45.7. The second-order valence-electron chi connectivity index (χ2n) is 28.4. The van der Waals surface area contributed by atoms with Crippen LogP contribution in [0.1, 0.15) is 175 Å². The summed E-state index contributed by atoms with van der Waals surface area (Å²) in [6.45, 7) is 9.32. The Hall–Kier alpha value is -4.61. The van der Waals surface area contributed by atoms with E-state index in [9.17, 15) is 37.2 Å². The molecule has 1 heterocycles. The van der Waals surface area contributed by atoms with Gasteiger partial charge in [-0.15, -0.1) is 0 Å². The van der Waals surface area contributed by atoms with Gasteiger partial charge in [0, 0.05) is 161 Å². The van der Waals surface area contributed by atoms with Crippen molar-refractivity contribution >= 4 is 45.6 Å². The maximum absolute atomic E-state index is 12.1. The van der Waals surface area contributed by atoms with E-state index < -0.39 is 16.0 Å². The number of hydrogen-bond donors (Lipinski definition) is 17. The fourth-order valence-electron chi connectivity index (χ4n) is 13.7. The molecule has 30 heteroatoms. The molecule has 29 nitrogen and oxygen atoms in total. The maximum Gasteiger partial charge on any atom is 0.308 e. The average Bonchev–Trinajstić information content (AvgIpc) is 1.37. The normalized spacial score (nSPS) is 34.0.